The smallest absolute Gasteiger partial charge is 0.339 e. The van der Waals surface area contributed by atoms with Crippen molar-refractivity contribution in [2.45, 2.75) is 11.4 Å². The molecule has 0 atom stereocenters. The van der Waals surface area contributed by atoms with Crippen molar-refractivity contribution in [3.05, 3.63) is 99.5 Å². The van der Waals surface area contributed by atoms with Gasteiger partial charge in [-0.15, -0.1) is 0 Å². The summed E-state index contributed by atoms with van der Waals surface area (Å²) in [5.74, 6) is -0.712. The molecule has 3 aromatic rings. The molecule has 3 aromatic carbocycles. The second-order valence-corrected chi connectivity index (χ2v) is 8.93. The molecule has 0 saturated carbocycles. The molecular weight excluding hydrogens is 471 g/mol. The zero-order valence-electron chi connectivity index (χ0n) is 16.5. The number of carbonyl (C=O) groups is 1. The molecule has 0 aromatic heterocycles. The number of hydrogen-bond acceptors (Lipinski definition) is 5. The average Bonchev–Trinajstić information content (AvgIpc) is 2.78. The zero-order chi connectivity index (χ0) is 23.1. The minimum absolute atomic E-state index is 0.0899. The van der Waals surface area contributed by atoms with Gasteiger partial charge < -0.3 is 9.50 Å². The number of nitriles is 1. The molecule has 3 rings (SSSR count). The van der Waals surface area contributed by atoms with Gasteiger partial charge >= 0.3 is 10.1 Å². The Morgan fingerprint density at radius 3 is 2.31 bits per heavy atom. The second kappa shape index (κ2) is 10.3. The molecule has 0 fully saturated rings. The molecule has 6 nitrogen and oxygen atoms in total. The van der Waals surface area contributed by atoms with Crippen LogP contribution in [0.15, 0.2) is 83.3 Å². The average molecular weight is 487 g/mol. The third kappa shape index (κ3) is 6.11. The van der Waals surface area contributed by atoms with E-state index in [4.69, 9.17) is 27.4 Å². The van der Waals surface area contributed by atoms with Gasteiger partial charge in [0, 0.05) is 22.2 Å². The van der Waals surface area contributed by atoms with Crippen LogP contribution >= 0.6 is 23.2 Å². The lowest BCUT2D eigenvalue weighted by Crippen LogP contribution is -2.23. The molecule has 0 aliphatic carbocycles. The van der Waals surface area contributed by atoms with E-state index in [9.17, 15) is 18.5 Å². The fourth-order valence-electron chi connectivity index (χ4n) is 2.65. The molecule has 162 valence electrons. The Labute approximate surface area is 195 Å². The van der Waals surface area contributed by atoms with E-state index in [0.29, 0.717) is 5.02 Å². The molecule has 32 heavy (non-hydrogen) atoms. The number of benzene rings is 3. The summed E-state index contributed by atoms with van der Waals surface area (Å²) in [6, 6.07) is 20.6. The summed E-state index contributed by atoms with van der Waals surface area (Å²) < 4.78 is 30.5. The molecule has 0 spiro atoms. The van der Waals surface area contributed by atoms with Crippen molar-refractivity contribution in [2.24, 2.45) is 0 Å². The molecule has 0 aliphatic heterocycles. The van der Waals surface area contributed by atoms with Crippen molar-refractivity contribution in [2.75, 3.05) is 0 Å². The Balaban J connectivity index is 1.87. The topological polar surface area (TPSA) is 96.3 Å². The molecule has 0 saturated heterocycles. The lowest BCUT2D eigenvalue weighted by Gasteiger charge is -2.11. The van der Waals surface area contributed by atoms with Crippen molar-refractivity contribution in [1.29, 1.82) is 5.26 Å². The van der Waals surface area contributed by atoms with Crippen molar-refractivity contribution in [3.63, 3.8) is 0 Å². The van der Waals surface area contributed by atoms with Gasteiger partial charge in [0.15, 0.2) is 0 Å². The highest BCUT2D eigenvalue weighted by Gasteiger charge is 2.19. The summed E-state index contributed by atoms with van der Waals surface area (Å²) in [4.78, 5) is 12.4. The maximum atomic E-state index is 12.6. The third-order valence-electron chi connectivity index (χ3n) is 4.23. The fourth-order valence-corrected chi connectivity index (χ4v) is 3.91. The highest BCUT2D eigenvalue weighted by Crippen LogP contribution is 2.28. The van der Waals surface area contributed by atoms with Crippen LogP contribution in [0.25, 0.3) is 6.08 Å². The van der Waals surface area contributed by atoms with Crippen LogP contribution in [0.4, 0.5) is 0 Å². The normalized spacial score (nSPS) is 11.5. The van der Waals surface area contributed by atoms with Gasteiger partial charge in [-0.25, -0.2) is 0 Å². The van der Waals surface area contributed by atoms with Crippen LogP contribution < -0.4 is 9.50 Å². The van der Waals surface area contributed by atoms with Gasteiger partial charge in [0.2, 0.25) is 0 Å². The molecule has 0 radical (unpaired) electrons. The van der Waals surface area contributed by atoms with Crippen LogP contribution in [0.2, 0.25) is 10.0 Å². The van der Waals surface area contributed by atoms with E-state index in [-0.39, 0.29) is 33.3 Å². The van der Waals surface area contributed by atoms with E-state index in [2.05, 4.69) is 5.32 Å². The Morgan fingerprint density at radius 2 is 1.66 bits per heavy atom. The van der Waals surface area contributed by atoms with E-state index in [1.165, 1.54) is 48.5 Å². The van der Waals surface area contributed by atoms with Gasteiger partial charge in [0.1, 0.15) is 22.3 Å². The van der Waals surface area contributed by atoms with E-state index in [1.54, 1.807) is 0 Å². The maximum absolute atomic E-state index is 12.6. The predicted molar refractivity (Wildman–Crippen MR) is 123 cm³/mol. The van der Waals surface area contributed by atoms with Gasteiger partial charge in [0.05, 0.1) is 0 Å². The Morgan fingerprint density at radius 1 is 1.00 bits per heavy atom. The van der Waals surface area contributed by atoms with Crippen LogP contribution in [0.3, 0.4) is 0 Å². The largest absolute Gasteiger partial charge is 0.378 e. The van der Waals surface area contributed by atoms with E-state index >= 15 is 0 Å². The van der Waals surface area contributed by atoms with Crippen molar-refractivity contribution in [3.8, 4) is 11.8 Å². The Kier molecular flexibility index (Phi) is 7.54. The van der Waals surface area contributed by atoms with Crippen LogP contribution in [-0.2, 0) is 21.5 Å². The molecule has 0 heterocycles. The van der Waals surface area contributed by atoms with Gasteiger partial charge in [-0.3, -0.25) is 4.79 Å². The first-order valence-electron chi connectivity index (χ1n) is 9.22. The molecule has 0 bridgehead atoms. The number of carbonyl (C=O) groups excluding carboxylic acids is 1. The number of nitrogens with one attached hydrogen (secondary N) is 1. The van der Waals surface area contributed by atoms with Crippen LogP contribution in [-0.4, -0.2) is 14.3 Å². The summed E-state index contributed by atoms with van der Waals surface area (Å²) >= 11 is 11.8. The number of nitrogens with zero attached hydrogens (tertiary/aromatic N) is 1. The van der Waals surface area contributed by atoms with E-state index in [0.717, 1.165) is 5.56 Å². The van der Waals surface area contributed by atoms with Crippen molar-refractivity contribution >= 4 is 45.3 Å². The predicted octanol–water partition coefficient (Wildman–Crippen LogP) is 4.98. The van der Waals surface area contributed by atoms with Gasteiger partial charge in [-0.05, 0) is 54.1 Å². The quantitative estimate of drug-likeness (QED) is 0.288. The zero-order valence-corrected chi connectivity index (χ0v) is 18.8. The first-order chi connectivity index (χ1) is 15.3. The van der Waals surface area contributed by atoms with Gasteiger partial charge in [0.25, 0.3) is 5.91 Å². The Hall–Kier alpha value is -3.31. The summed E-state index contributed by atoms with van der Waals surface area (Å²) in [6.07, 6.45) is 1.22. The minimum Gasteiger partial charge on any atom is -0.378 e. The summed E-state index contributed by atoms with van der Waals surface area (Å²) in [6.45, 7) is 0.225. The Bertz CT molecular complexity index is 1300. The first-order valence-corrected chi connectivity index (χ1v) is 11.4. The monoisotopic (exact) mass is 486 g/mol. The summed E-state index contributed by atoms with van der Waals surface area (Å²) in [7, 11) is -4.19. The van der Waals surface area contributed by atoms with E-state index < -0.39 is 16.0 Å². The van der Waals surface area contributed by atoms with E-state index in [1.807, 2.05) is 36.4 Å². The summed E-state index contributed by atoms with van der Waals surface area (Å²) in [5.41, 5.74) is 0.775. The molecule has 9 heteroatoms. The maximum Gasteiger partial charge on any atom is 0.339 e. The SMILES string of the molecule is N#C/C(=C\c1cc(Cl)ccc1OS(=O)(=O)c1ccc(Cl)cc1)C(=O)NCc1ccccc1. The van der Waals surface area contributed by atoms with Crippen LogP contribution in [0.5, 0.6) is 5.75 Å². The molecule has 0 aliphatic rings. The lowest BCUT2D eigenvalue weighted by molar-refractivity contribution is -0.117. The highest BCUT2D eigenvalue weighted by molar-refractivity contribution is 7.87. The van der Waals surface area contributed by atoms with Crippen LogP contribution in [0.1, 0.15) is 11.1 Å². The number of rotatable bonds is 7. The first kappa shape index (κ1) is 23.4. The highest BCUT2D eigenvalue weighted by atomic mass is 35.5. The molecular formula is C23H16Cl2N2O4S. The molecule has 1 amide bonds. The van der Waals surface area contributed by atoms with Gasteiger partial charge in [-0.2, -0.15) is 13.7 Å². The molecule has 1 N–H and O–H groups in total. The number of amides is 1. The number of halogens is 2. The van der Waals surface area contributed by atoms with Gasteiger partial charge in [-0.1, -0.05) is 53.5 Å². The molecule has 0 unspecified atom stereocenters. The third-order valence-corrected chi connectivity index (χ3v) is 5.97. The van der Waals surface area contributed by atoms with Crippen molar-refractivity contribution in [1.82, 2.24) is 5.32 Å². The fraction of sp³-hybridized carbons (Fsp3) is 0.0435. The minimum atomic E-state index is -4.19. The number of hydrogen-bond donors (Lipinski definition) is 1. The standard InChI is InChI=1S/C23H16Cl2N2O4S/c24-19-6-9-21(10-7-19)32(29,30)31-22-11-8-20(25)13-17(22)12-18(14-26)23(28)27-15-16-4-2-1-3-5-16/h1-13H,15H2,(H,27,28)/b18-12+. The summed E-state index contributed by atoms with van der Waals surface area (Å²) in [5, 5.41) is 12.8. The second-order valence-electron chi connectivity index (χ2n) is 6.51. The van der Waals surface area contributed by atoms with Crippen LogP contribution in [0, 0.1) is 11.3 Å². The van der Waals surface area contributed by atoms with Crippen molar-refractivity contribution < 1.29 is 17.4 Å². The lowest BCUT2D eigenvalue weighted by atomic mass is 10.1.